The molecule has 100 valence electrons. The lowest BCUT2D eigenvalue weighted by molar-refractivity contribution is -0.123. The third-order valence-corrected chi connectivity index (χ3v) is 2.25. The third kappa shape index (κ3) is 4.53. The van der Waals surface area contributed by atoms with Gasteiger partial charge in [0, 0.05) is 18.3 Å². The molecule has 18 heavy (non-hydrogen) atoms. The van der Waals surface area contributed by atoms with Gasteiger partial charge in [0.2, 0.25) is 0 Å². The summed E-state index contributed by atoms with van der Waals surface area (Å²) in [6.07, 6.45) is 0. The molecule has 3 N–H and O–H groups in total. The molecule has 0 aliphatic rings. The summed E-state index contributed by atoms with van der Waals surface area (Å²) >= 11 is 0. The Hall–Kier alpha value is -1.91. The van der Waals surface area contributed by atoms with Crippen molar-refractivity contribution in [3.8, 4) is 11.5 Å². The van der Waals surface area contributed by atoms with E-state index in [0.29, 0.717) is 29.6 Å². The second kappa shape index (κ2) is 6.74. The van der Waals surface area contributed by atoms with Gasteiger partial charge in [0.05, 0.1) is 7.11 Å². The Bertz CT molecular complexity index is 405. The molecule has 1 aromatic carbocycles. The van der Waals surface area contributed by atoms with Crippen molar-refractivity contribution < 1.29 is 14.3 Å². The molecule has 0 saturated heterocycles. The molecular weight excluding hydrogens is 232 g/mol. The van der Waals surface area contributed by atoms with E-state index < -0.39 is 0 Å². The van der Waals surface area contributed by atoms with Gasteiger partial charge in [0.25, 0.3) is 5.91 Å². The van der Waals surface area contributed by atoms with E-state index in [1.54, 1.807) is 18.2 Å². The molecule has 1 aromatic rings. The van der Waals surface area contributed by atoms with E-state index in [-0.39, 0.29) is 12.5 Å². The van der Waals surface area contributed by atoms with Crippen molar-refractivity contribution in [2.24, 2.45) is 5.92 Å². The SMILES string of the molecule is COc1ccc(N)cc1OCC(=O)NCC(C)C. The Morgan fingerprint density at radius 3 is 2.72 bits per heavy atom. The van der Waals surface area contributed by atoms with Crippen LogP contribution in [0, 0.1) is 5.92 Å². The number of carbonyl (C=O) groups excluding carboxylic acids is 1. The molecule has 0 unspecified atom stereocenters. The van der Waals surface area contributed by atoms with Crippen LogP contribution in [0.15, 0.2) is 18.2 Å². The van der Waals surface area contributed by atoms with Gasteiger partial charge in [0.1, 0.15) is 0 Å². The molecule has 1 rings (SSSR count). The summed E-state index contributed by atoms with van der Waals surface area (Å²) in [4.78, 5) is 11.5. The fourth-order valence-electron chi connectivity index (χ4n) is 1.32. The van der Waals surface area contributed by atoms with E-state index in [1.165, 1.54) is 7.11 Å². The third-order valence-electron chi connectivity index (χ3n) is 2.25. The minimum Gasteiger partial charge on any atom is -0.493 e. The number of hydrogen-bond acceptors (Lipinski definition) is 4. The number of nitrogens with one attached hydrogen (secondary N) is 1. The number of methoxy groups -OCH3 is 1. The van der Waals surface area contributed by atoms with Gasteiger partial charge in [0.15, 0.2) is 18.1 Å². The first-order valence-corrected chi connectivity index (χ1v) is 5.86. The van der Waals surface area contributed by atoms with E-state index in [0.717, 1.165) is 0 Å². The van der Waals surface area contributed by atoms with Crippen molar-refractivity contribution in [2.45, 2.75) is 13.8 Å². The molecule has 0 bridgehead atoms. The van der Waals surface area contributed by atoms with Crippen LogP contribution in [0.3, 0.4) is 0 Å². The number of rotatable bonds is 6. The highest BCUT2D eigenvalue weighted by atomic mass is 16.5. The molecule has 5 heteroatoms. The largest absolute Gasteiger partial charge is 0.493 e. The normalized spacial score (nSPS) is 10.2. The van der Waals surface area contributed by atoms with Crippen LogP contribution >= 0.6 is 0 Å². The van der Waals surface area contributed by atoms with E-state index in [9.17, 15) is 4.79 Å². The van der Waals surface area contributed by atoms with Crippen molar-refractivity contribution in [1.82, 2.24) is 5.32 Å². The average molecular weight is 252 g/mol. The van der Waals surface area contributed by atoms with Gasteiger partial charge in [-0.25, -0.2) is 0 Å². The van der Waals surface area contributed by atoms with Crippen molar-refractivity contribution in [2.75, 3.05) is 26.0 Å². The van der Waals surface area contributed by atoms with Crippen LogP contribution < -0.4 is 20.5 Å². The van der Waals surface area contributed by atoms with Crippen molar-refractivity contribution in [3.05, 3.63) is 18.2 Å². The summed E-state index contributed by atoms with van der Waals surface area (Å²) in [5.74, 6) is 1.28. The van der Waals surface area contributed by atoms with Gasteiger partial charge in [-0.1, -0.05) is 13.8 Å². The number of ether oxygens (including phenoxy) is 2. The van der Waals surface area contributed by atoms with Crippen LogP contribution in [0.2, 0.25) is 0 Å². The molecule has 1 amide bonds. The van der Waals surface area contributed by atoms with E-state index in [4.69, 9.17) is 15.2 Å². The number of amides is 1. The van der Waals surface area contributed by atoms with E-state index in [2.05, 4.69) is 5.32 Å². The molecule has 0 fully saturated rings. The topological polar surface area (TPSA) is 73.6 Å². The average Bonchev–Trinajstić information content (AvgIpc) is 2.34. The Balaban J connectivity index is 2.52. The summed E-state index contributed by atoms with van der Waals surface area (Å²) in [6.45, 7) is 4.65. The van der Waals surface area contributed by atoms with Crippen molar-refractivity contribution in [1.29, 1.82) is 0 Å². The zero-order valence-corrected chi connectivity index (χ0v) is 11.0. The molecule has 0 heterocycles. The predicted octanol–water partition coefficient (Wildman–Crippen LogP) is 1.43. The summed E-state index contributed by atoms with van der Waals surface area (Å²) < 4.78 is 10.5. The first-order valence-electron chi connectivity index (χ1n) is 5.86. The molecule has 0 aliphatic carbocycles. The van der Waals surface area contributed by atoms with Crippen molar-refractivity contribution in [3.63, 3.8) is 0 Å². The maximum Gasteiger partial charge on any atom is 0.257 e. The molecule has 0 aromatic heterocycles. The Morgan fingerprint density at radius 1 is 1.39 bits per heavy atom. The van der Waals surface area contributed by atoms with Crippen LogP contribution in [0.25, 0.3) is 0 Å². The van der Waals surface area contributed by atoms with Gasteiger partial charge in [-0.15, -0.1) is 0 Å². The fraction of sp³-hybridized carbons (Fsp3) is 0.462. The highest BCUT2D eigenvalue weighted by Gasteiger charge is 2.08. The van der Waals surface area contributed by atoms with Crippen molar-refractivity contribution >= 4 is 11.6 Å². The zero-order valence-electron chi connectivity index (χ0n) is 11.0. The first-order chi connectivity index (χ1) is 8.52. The predicted molar refractivity (Wildman–Crippen MR) is 70.7 cm³/mol. The number of nitrogen functional groups attached to an aromatic ring is 1. The second-order valence-electron chi connectivity index (χ2n) is 4.40. The summed E-state index contributed by atoms with van der Waals surface area (Å²) in [7, 11) is 1.54. The summed E-state index contributed by atoms with van der Waals surface area (Å²) in [5.41, 5.74) is 6.21. The minimum absolute atomic E-state index is 0.0491. The highest BCUT2D eigenvalue weighted by Crippen LogP contribution is 2.28. The lowest BCUT2D eigenvalue weighted by Gasteiger charge is -2.12. The molecule has 0 saturated carbocycles. The van der Waals surface area contributed by atoms with Gasteiger partial charge in [-0.2, -0.15) is 0 Å². The molecule has 0 atom stereocenters. The van der Waals surface area contributed by atoms with Crippen LogP contribution in [0.4, 0.5) is 5.69 Å². The molecule has 0 aliphatic heterocycles. The van der Waals surface area contributed by atoms with E-state index >= 15 is 0 Å². The lowest BCUT2D eigenvalue weighted by atomic mass is 10.2. The van der Waals surface area contributed by atoms with Crippen LogP contribution in [0.1, 0.15) is 13.8 Å². The standard InChI is InChI=1S/C13H20N2O3/c1-9(2)7-15-13(16)8-18-12-6-10(14)4-5-11(12)17-3/h4-6,9H,7-8,14H2,1-3H3,(H,15,16). The van der Waals surface area contributed by atoms with Gasteiger partial charge in [-0.05, 0) is 18.1 Å². The monoisotopic (exact) mass is 252 g/mol. The smallest absolute Gasteiger partial charge is 0.257 e. The number of carbonyl (C=O) groups is 1. The van der Waals surface area contributed by atoms with Crippen LogP contribution in [-0.4, -0.2) is 26.2 Å². The molecule has 0 radical (unpaired) electrons. The van der Waals surface area contributed by atoms with Gasteiger partial charge < -0.3 is 20.5 Å². The quantitative estimate of drug-likeness (QED) is 0.751. The van der Waals surface area contributed by atoms with Crippen LogP contribution in [-0.2, 0) is 4.79 Å². The molecular formula is C13H20N2O3. The maximum absolute atomic E-state index is 11.5. The second-order valence-corrected chi connectivity index (χ2v) is 4.40. The fourth-order valence-corrected chi connectivity index (χ4v) is 1.32. The van der Waals surface area contributed by atoms with E-state index in [1.807, 2.05) is 13.8 Å². The van der Waals surface area contributed by atoms with Gasteiger partial charge in [-0.3, -0.25) is 4.79 Å². The minimum atomic E-state index is -0.159. The zero-order chi connectivity index (χ0) is 13.5. The summed E-state index contributed by atoms with van der Waals surface area (Å²) in [5, 5.41) is 2.77. The Kier molecular flexibility index (Phi) is 5.30. The number of benzene rings is 1. The first kappa shape index (κ1) is 14.2. The number of nitrogens with two attached hydrogens (primary N) is 1. The molecule has 5 nitrogen and oxygen atoms in total. The highest BCUT2D eigenvalue weighted by molar-refractivity contribution is 5.77. The number of hydrogen-bond donors (Lipinski definition) is 2. The lowest BCUT2D eigenvalue weighted by Crippen LogP contribution is -2.31. The summed E-state index contributed by atoms with van der Waals surface area (Å²) in [6, 6.07) is 5.05. The maximum atomic E-state index is 11.5. The Morgan fingerprint density at radius 2 is 2.11 bits per heavy atom. The molecule has 0 spiro atoms. The number of anilines is 1. The van der Waals surface area contributed by atoms with Gasteiger partial charge >= 0.3 is 0 Å². The van der Waals surface area contributed by atoms with Crippen LogP contribution in [0.5, 0.6) is 11.5 Å². The Labute approximate surface area is 107 Å².